The number of fused-ring (bicyclic) bond motifs is 1. The van der Waals surface area contributed by atoms with Gasteiger partial charge in [-0.2, -0.15) is 0 Å². The summed E-state index contributed by atoms with van der Waals surface area (Å²) in [5, 5.41) is 0. The van der Waals surface area contributed by atoms with E-state index in [2.05, 4.69) is 0 Å². The molecule has 92 valence electrons. The third kappa shape index (κ3) is 2.59. The number of hydrogen-bond donors (Lipinski definition) is 2. The zero-order chi connectivity index (χ0) is 12.3. The Labute approximate surface area is 98.4 Å². The highest BCUT2D eigenvalue weighted by molar-refractivity contribution is 5.73. The summed E-state index contributed by atoms with van der Waals surface area (Å²) < 4.78 is 15.9. The lowest BCUT2D eigenvalue weighted by atomic mass is 10.2. The Morgan fingerprint density at radius 1 is 1.35 bits per heavy atom. The minimum absolute atomic E-state index is 0.165. The number of carbonyl (C=O) groups excluding carboxylic acids is 1. The number of benzene rings is 1. The first-order valence-electron chi connectivity index (χ1n) is 5.24. The monoisotopic (exact) mass is 238 g/mol. The van der Waals surface area contributed by atoms with Crippen molar-refractivity contribution in [2.24, 2.45) is 11.5 Å². The Hall–Kier alpha value is -1.95. The molecule has 4 N–H and O–H groups in total. The molecule has 17 heavy (non-hydrogen) atoms. The highest BCUT2D eigenvalue weighted by Crippen LogP contribution is 2.37. The summed E-state index contributed by atoms with van der Waals surface area (Å²) in [4.78, 5) is 10.6. The number of rotatable bonds is 5. The highest BCUT2D eigenvalue weighted by atomic mass is 16.7. The van der Waals surface area contributed by atoms with Crippen molar-refractivity contribution in [2.45, 2.75) is 13.0 Å². The Kier molecular flexibility index (Phi) is 3.34. The number of hydrogen-bond acceptors (Lipinski definition) is 5. The number of ether oxygens (including phenoxy) is 3. The van der Waals surface area contributed by atoms with E-state index in [0.717, 1.165) is 5.56 Å². The lowest BCUT2D eigenvalue weighted by Gasteiger charge is -2.10. The van der Waals surface area contributed by atoms with Crippen LogP contribution in [0, 0.1) is 0 Å². The fourth-order valence-corrected chi connectivity index (χ4v) is 1.52. The standard InChI is InChI=1S/C11H14N2O4/c12-5-7-3-9-10(17-6-16-9)4-8(7)15-2-1-11(13)14/h3-4H,1-2,5-6,12H2,(H2,13,14). The van der Waals surface area contributed by atoms with E-state index >= 15 is 0 Å². The van der Waals surface area contributed by atoms with E-state index < -0.39 is 5.91 Å². The quantitative estimate of drug-likeness (QED) is 0.759. The molecular formula is C11H14N2O4. The molecule has 1 aromatic rings. The zero-order valence-electron chi connectivity index (χ0n) is 9.27. The van der Waals surface area contributed by atoms with Crippen LogP contribution in [0.1, 0.15) is 12.0 Å². The van der Waals surface area contributed by atoms with Crippen molar-refractivity contribution in [3.05, 3.63) is 17.7 Å². The van der Waals surface area contributed by atoms with Crippen LogP contribution >= 0.6 is 0 Å². The summed E-state index contributed by atoms with van der Waals surface area (Å²) in [6.07, 6.45) is 0.165. The second-order valence-corrected chi connectivity index (χ2v) is 3.58. The molecule has 0 bridgehead atoms. The van der Waals surface area contributed by atoms with Crippen LogP contribution in [-0.2, 0) is 11.3 Å². The van der Waals surface area contributed by atoms with Gasteiger partial charge in [0.15, 0.2) is 11.5 Å². The van der Waals surface area contributed by atoms with Crippen LogP contribution in [0.2, 0.25) is 0 Å². The molecule has 0 aromatic heterocycles. The minimum Gasteiger partial charge on any atom is -0.493 e. The van der Waals surface area contributed by atoms with E-state index in [-0.39, 0.29) is 19.8 Å². The molecule has 0 fully saturated rings. The molecule has 6 nitrogen and oxygen atoms in total. The summed E-state index contributed by atoms with van der Waals surface area (Å²) in [6, 6.07) is 3.49. The van der Waals surface area contributed by atoms with Crippen LogP contribution < -0.4 is 25.7 Å². The van der Waals surface area contributed by atoms with E-state index in [0.29, 0.717) is 23.8 Å². The largest absolute Gasteiger partial charge is 0.493 e. The number of amides is 1. The van der Waals surface area contributed by atoms with Crippen molar-refractivity contribution in [1.29, 1.82) is 0 Å². The van der Waals surface area contributed by atoms with Gasteiger partial charge in [-0.3, -0.25) is 4.79 Å². The molecule has 0 unspecified atom stereocenters. The maximum Gasteiger partial charge on any atom is 0.231 e. The van der Waals surface area contributed by atoms with Gasteiger partial charge in [-0.15, -0.1) is 0 Å². The maximum absolute atomic E-state index is 10.6. The highest BCUT2D eigenvalue weighted by Gasteiger charge is 2.17. The summed E-state index contributed by atoms with van der Waals surface area (Å²) >= 11 is 0. The first-order chi connectivity index (χ1) is 8.20. The Bertz CT molecular complexity index is 434. The first-order valence-corrected chi connectivity index (χ1v) is 5.24. The van der Waals surface area contributed by atoms with Crippen molar-refractivity contribution in [3.8, 4) is 17.2 Å². The second kappa shape index (κ2) is 4.92. The summed E-state index contributed by atoms with van der Waals surface area (Å²) in [6.45, 7) is 0.745. The summed E-state index contributed by atoms with van der Waals surface area (Å²) in [5.41, 5.74) is 11.4. The van der Waals surface area contributed by atoms with Crippen LogP contribution in [-0.4, -0.2) is 19.3 Å². The molecule has 1 aliphatic heterocycles. The average Bonchev–Trinajstić information content (AvgIpc) is 2.74. The zero-order valence-corrected chi connectivity index (χ0v) is 9.27. The van der Waals surface area contributed by atoms with Gasteiger partial charge in [0.2, 0.25) is 12.7 Å². The lowest BCUT2D eigenvalue weighted by molar-refractivity contribution is -0.118. The first kappa shape index (κ1) is 11.5. The van der Waals surface area contributed by atoms with E-state index in [1.807, 2.05) is 0 Å². The third-order valence-corrected chi connectivity index (χ3v) is 2.38. The van der Waals surface area contributed by atoms with E-state index in [1.165, 1.54) is 0 Å². The fourth-order valence-electron chi connectivity index (χ4n) is 1.52. The van der Waals surface area contributed by atoms with Gasteiger partial charge in [0.1, 0.15) is 5.75 Å². The number of carbonyl (C=O) groups is 1. The van der Waals surface area contributed by atoms with Gasteiger partial charge >= 0.3 is 0 Å². The van der Waals surface area contributed by atoms with Crippen LogP contribution in [0.3, 0.4) is 0 Å². The van der Waals surface area contributed by atoms with Crippen molar-refractivity contribution in [3.63, 3.8) is 0 Å². The SMILES string of the molecule is NCc1cc2c(cc1OCCC(N)=O)OCO2. The van der Waals surface area contributed by atoms with Gasteiger partial charge in [0, 0.05) is 18.2 Å². The molecule has 0 radical (unpaired) electrons. The van der Waals surface area contributed by atoms with Gasteiger partial charge in [-0.05, 0) is 6.07 Å². The minimum atomic E-state index is -0.403. The van der Waals surface area contributed by atoms with E-state index in [1.54, 1.807) is 12.1 Å². The van der Waals surface area contributed by atoms with Gasteiger partial charge in [-0.1, -0.05) is 0 Å². The molecule has 0 aliphatic carbocycles. The summed E-state index contributed by atoms with van der Waals surface area (Å²) in [5.74, 6) is 1.47. The molecule has 1 heterocycles. The normalized spacial score (nSPS) is 12.5. The van der Waals surface area contributed by atoms with Gasteiger partial charge in [0.05, 0.1) is 13.0 Å². The Morgan fingerprint density at radius 3 is 2.71 bits per heavy atom. The fraction of sp³-hybridized carbons (Fsp3) is 0.364. The molecule has 0 atom stereocenters. The van der Waals surface area contributed by atoms with Crippen LogP contribution in [0.4, 0.5) is 0 Å². The molecule has 1 aliphatic rings. The van der Waals surface area contributed by atoms with Crippen LogP contribution in [0.25, 0.3) is 0 Å². The van der Waals surface area contributed by atoms with Gasteiger partial charge in [0.25, 0.3) is 0 Å². The van der Waals surface area contributed by atoms with Crippen molar-refractivity contribution >= 4 is 5.91 Å². The maximum atomic E-state index is 10.6. The third-order valence-electron chi connectivity index (χ3n) is 2.38. The van der Waals surface area contributed by atoms with E-state index in [9.17, 15) is 4.79 Å². The molecular weight excluding hydrogens is 224 g/mol. The van der Waals surface area contributed by atoms with Crippen molar-refractivity contribution < 1.29 is 19.0 Å². The van der Waals surface area contributed by atoms with Gasteiger partial charge in [-0.25, -0.2) is 0 Å². The predicted octanol–water partition coefficient (Wildman–Crippen LogP) is 0.128. The lowest BCUT2D eigenvalue weighted by Crippen LogP contribution is -2.15. The van der Waals surface area contributed by atoms with Crippen LogP contribution in [0.5, 0.6) is 17.2 Å². The summed E-state index contributed by atoms with van der Waals surface area (Å²) in [7, 11) is 0. The Balaban J connectivity index is 2.12. The molecule has 2 rings (SSSR count). The van der Waals surface area contributed by atoms with Crippen LogP contribution in [0.15, 0.2) is 12.1 Å². The number of nitrogens with two attached hydrogens (primary N) is 2. The van der Waals surface area contributed by atoms with Gasteiger partial charge < -0.3 is 25.7 Å². The molecule has 6 heteroatoms. The average molecular weight is 238 g/mol. The molecule has 0 saturated carbocycles. The van der Waals surface area contributed by atoms with Crippen molar-refractivity contribution in [1.82, 2.24) is 0 Å². The molecule has 1 amide bonds. The smallest absolute Gasteiger partial charge is 0.231 e. The molecule has 0 spiro atoms. The topological polar surface area (TPSA) is 96.8 Å². The predicted molar refractivity (Wildman–Crippen MR) is 59.8 cm³/mol. The van der Waals surface area contributed by atoms with Crippen molar-refractivity contribution in [2.75, 3.05) is 13.4 Å². The molecule has 0 saturated heterocycles. The Morgan fingerprint density at radius 2 is 2.06 bits per heavy atom. The second-order valence-electron chi connectivity index (χ2n) is 3.58. The number of primary amides is 1. The van der Waals surface area contributed by atoms with E-state index in [4.69, 9.17) is 25.7 Å². The molecule has 1 aromatic carbocycles.